The van der Waals surface area contributed by atoms with Gasteiger partial charge < -0.3 is 0 Å². The van der Waals surface area contributed by atoms with E-state index in [0.717, 1.165) is 5.56 Å². The van der Waals surface area contributed by atoms with E-state index in [4.69, 9.17) is 0 Å². The van der Waals surface area contributed by atoms with Crippen molar-refractivity contribution < 1.29 is 4.79 Å². The topological polar surface area (TPSA) is 75.7 Å². The number of allylic oxidation sites excluding steroid dienone is 1. The van der Waals surface area contributed by atoms with Gasteiger partial charge in [0, 0.05) is 11.0 Å². The summed E-state index contributed by atoms with van der Waals surface area (Å²) in [6.45, 7) is 1.59. The molecule has 3 rings (SSSR count). The van der Waals surface area contributed by atoms with Crippen LogP contribution in [0, 0.1) is 6.92 Å². The Hall–Kier alpha value is -2.51. The molecule has 0 atom stereocenters. The van der Waals surface area contributed by atoms with Crippen molar-refractivity contribution in [2.75, 3.05) is 0 Å². The number of thioether (sulfide) groups is 1. The molecule has 1 N–H and O–H groups in total. The summed E-state index contributed by atoms with van der Waals surface area (Å²) in [5.74, 6) is -0.0845. The number of hydrogen-bond acceptors (Lipinski definition) is 6. The largest absolute Gasteiger partial charge is 0.298 e. The van der Waals surface area contributed by atoms with Crippen LogP contribution in [0.5, 0.6) is 0 Å². The molecule has 1 aromatic carbocycles. The fraction of sp³-hybridized carbons (Fsp3) is 0.0588. The highest BCUT2D eigenvalue weighted by Crippen LogP contribution is 2.32. The minimum Gasteiger partial charge on any atom is -0.298 e. The summed E-state index contributed by atoms with van der Waals surface area (Å²) in [7, 11) is 0. The van der Waals surface area contributed by atoms with Gasteiger partial charge in [-0.15, -0.1) is 21.5 Å². The van der Waals surface area contributed by atoms with Gasteiger partial charge in [0.15, 0.2) is 10.9 Å². The van der Waals surface area contributed by atoms with Crippen molar-refractivity contribution in [3.8, 4) is 0 Å². The van der Waals surface area contributed by atoms with Gasteiger partial charge in [0.05, 0.1) is 4.88 Å². The summed E-state index contributed by atoms with van der Waals surface area (Å²) >= 11 is 2.60. The monoisotopic (exact) mass is 355 g/mol. The van der Waals surface area contributed by atoms with Gasteiger partial charge in [-0.25, -0.2) is 0 Å². The number of H-pyrrole nitrogens is 1. The van der Waals surface area contributed by atoms with Gasteiger partial charge in [-0.1, -0.05) is 36.4 Å². The normalized spacial score (nSPS) is 11.5. The molecule has 2 heterocycles. The van der Waals surface area contributed by atoms with Crippen LogP contribution in [0.3, 0.4) is 0 Å². The number of aromatic nitrogens is 3. The van der Waals surface area contributed by atoms with Gasteiger partial charge in [0.25, 0.3) is 5.56 Å². The van der Waals surface area contributed by atoms with Crippen LogP contribution in [0.25, 0.3) is 4.91 Å². The number of aryl methyl sites for hydroxylation is 1. The Balaban J connectivity index is 1.97. The van der Waals surface area contributed by atoms with Crippen molar-refractivity contribution in [1.29, 1.82) is 0 Å². The average molecular weight is 355 g/mol. The lowest BCUT2D eigenvalue weighted by atomic mass is 10.2. The molecule has 0 amide bonds. The Morgan fingerprint density at radius 3 is 2.62 bits per heavy atom. The number of carbonyl (C=O) groups excluding carboxylic acids is 1. The molecule has 24 heavy (non-hydrogen) atoms. The van der Waals surface area contributed by atoms with Crippen molar-refractivity contribution in [2.24, 2.45) is 0 Å². The summed E-state index contributed by atoms with van der Waals surface area (Å²) in [6, 6.07) is 13.1. The van der Waals surface area contributed by atoms with E-state index in [0.29, 0.717) is 20.6 Å². The Labute approximate surface area is 146 Å². The van der Waals surface area contributed by atoms with Crippen LogP contribution >= 0.6 is 23.1 Å². The summed E-state index contributed by atoms with van der Waals surface area (Å²) in [4.78, 5) is 28.1. The third kappa shape index (κ3) is 3.87. The molecule has 0 aliphatic heterocycles. The van der Waals surface area contributed by atoms with Crippen molar-refractivity contribution in [3.05, 3.63) is 80.4 Å². The van der Waals surface area contributed by atoms with Crippen LogP contribution in [-0.4, -0.2) is 21.0 Å². The molecule has 7 heteroatoms. The number of hydrogen-bond donors (Lipinski definition) is 1. The lowest BCUT2D eigenvalue weighted by molar-refractivity contribution is 0.105. The second kappa shape index (κ2) is 7.37. The number of rotatable bonds is 5. The third-order valence-electron chi connectivity index (χ3n) is 3.13. The number of nitrogens with one attached hydrogen (secondary N) is 1. The first-order valence-corrected chi connectivity index (χ1v) is 8.79. The van der Waals surface area contributed by atoms with Crippen LogP contribution in [0.15, 0.2) is 63.9 Å². The zero-order valence-corrected chi connectivity index (χ0v) is 14.4. The van der Waals surface area contributed by atoms with E-state index in [9.17, 15) is 9.59 Å². The second-order valence-corrected chi connectivity index (χ2v) is 6.84. The summed E-state index contributed by atoms with van der Waals surface area (Å²) < 4.78 is 0. The van der Waals surface area contributed by atoms with Crippen molar-refractivity contribution in [1.82, 2.24) is 15.2 Å². The highest BCUT2D eigenvalue weighted by atomic mass is 32.2. The highest BCUT2D eigenvalue weighted by Gasteiger charge is 2.11. The van der Waals surface area contributed by atoms with Gasteiger partial charge in [0.1, 0.15) is 5.69 Å². The molecule has 0 radical (unpaired) electrons. The first-order valence-electron chi connectivity index (χ1n) is 7.10. The SMILES string of the molecule is Cc1nnc(SC(=CC(=O)c2cccs2)c2ccccc2)[nH]c1=O. The Kier molecular flexibility index (Phi) is 5.02. The molecular formula is C17H13N3O2S2. The predicted molar refractivity (Wildman–Crippen MR) is 96.3 cm³/mol. The number of carbonyl (C=O) groups is 1. The zero-order valence-electron chi connectivity index (χ0n) is 12.7. The number of benzene rings is 1. The first-order chi connectivity index (χ1) is 11.6. The molecule has 5 nitrogen and oxygen atoms in total. The molecule has 0 bridgehead atoms. The molecular weight excluding hydrogens is 342 g/mol. The van der Waals surface area contributed by atoms with Gasteiger partial charge in [-0.05, 0) is 35.7 Å². The predicted octanol–water partition coefficient (Wildman–Crippen LogP) is 3.55. The summed E-state index contributed by atoms with van der Waals surface area (Å²) in [6.07, 6.45) is 1.56. The maximum absolute atomic E-state index is 12.4. The smallest absolute Gasteiger partial charge is 0.273 e. The van der Waals surface area contributed by atoms with Crippen molar-refractivity contribution >= 4 is 33.8 Å². The highest BCUT2D eigenvalue weighted by molar-refractivity contribution is 8.08. The minimum atomic E-state index is -0.288. The van der Waals surface area contributed by atoms with Gasteiger partial charge in [-0.3, -0.25) is 14.6 Å². The van der Waals surface area contributed by atoms with Crippen LogP contribution < -0.4 is 5.56 Å². The zero-order chi connectivity index (χ0) is 16.9. The summed E-state index contributed by atoms with van der Waals surface area (Å²) in [5.41, 5.74) is 0.888. The van der Waals surface area contributed by atoms with E-state index in [1.54, 1.807) is 19.1 Å². The third-order valence-corrected chi connectivity index (χ3v) is 4.97. The molecule has 2 aromatic heterocycles. The minimum absolute atomic E-state index is 0.0845. The van der Waals surface area contributed by atoms with Crippen molar-refractivity contribution in [3.63, 3.8) is 0 Å². The van der Waals surface area contributed by atoms with Crippen LogP contribution in [0.1, 0.15) is 20.9 Å². The van der Waals surface area contributed by atoms with Gasteiger partial charge in [-0.2, -0.15) is 0 Å². The maximum atomic E-state index is 12.4. The van der Waals surface area contributed by atoms with Crippen LogP contribution in [-0.2, 0) is 0 Å². The molecule has 0 fully saturated rings. The standard InChI is InChI=1S/C17H13N3O2S2/c1-11-16(22)18-17(20-19-11)24-15(12-6-3-2-4-7-12)10-13(21)14-8-5-9-23-14/h2-10H,1H3,(H,18,20,22). The van der Waals surface area contributed by atoms with Crippen molar-refractivity contribution in [2.45, 2.75) is 12.1 Å². The number of ketones is 1. The van der Waals surface area contributed by atoms with E-state index >= 15 is 0 Å². The second-order valence-electron chi connectivity index (χ2n) is 4.86. The number of nitrogens with zero attached hydrogens (tertiary/aromatic N) is 2. The first kappa shape index (κ1) is 16.4. The number of thiophene rings is 1. The molecule has 0 aliphatic carbocycles. The van der Waals surface area contributed by atoms with Crippen LogP contribution in [0.4, 0.5) is 0 Å². The van der Waals surface area contributed by atoms with E-state index in [1.165, 1.54) is 23.1 Å². The lowest BCUT2D eigenvalue weighted by Gasteiger charge is -2.06. The van der Waals surface area contributed by atoms with Gasteiger partial charge >= 0.3 is 0 Å². The van der Waals surface area contributed by atoms with Gasteiger partial charge in [0.2, 0.25) is 0 Å². The fourth-order valence-electron chi connectivity index (χ4n) is 1.91. The number of aromatic amines is 1. The van der Waals surface area contributed by atoms with E-state index in [1.807, 2.05) is 41.8 Å². The maximum Gasteiger partial charge on any atom is 0.273 e. The fourth-order valence-corrected chi connectivity index (χ4v) is 3.40. The molecule has 120 valence electrons. The van der Waals surface area contributed by atoms with E-state index in [-0.39, 0.29) is 11.3 Å². The Bertz CT molecular complexity index is 932. The quantitative estimate of drug-likeness (QED) is 0.430. The lowest BCUT2D eigenvalue weighted by Crippen LogP contribution is -2.14. The molecule has 0 spiro atoms. The van der Waals surface area contributed by atoms with E-state index in [2.05, 4.69) is 15.2 Å². The Morgan fingerprint density at radius 1 is 1.17 bits per heavy atom. The summed E-state index contributed by atoms with van der Waals surface area (Å²) in [5, 5.41) is 10.0. The van der Waals surface area contributed by atoms with E-state index < -0.39 is 0 Å². The molecule has 0 saturated carbocycles. The molecule has 0 unspecified atom stereocenters. The molecule has 3 aromatic rings. The Morgan fingerprint density at radius 2 is 1.96 bits per heavy atom. The van der Waals surface area contributed by atoms with Crippen LogP contribution in [0.2, 0.25) is 0 Å². The molecule has 0 aliphatic rings. The molecule has 0 saturated heterocycles. The average Bonchev–Trinajstić information content (AvgIpc) is 3.13.